The average molecular weight is 261 g/mol. The van der Waals surface area contributed by atoms with Crippen molar-refractivity contribution in [3.8, 4) is 0 Å². The number of H-pyrrole nitrogens is 2. The third-order valence-electron chi connectivity index (χ3n) is 1.67. The summed E-state index contributed by atoms with van der Waals surface area (Å²) in [5, 5.41) is 5.85. The zero-order valence-electron chi connectivity index (χ0n) is 8.01. The van der Waals surface area contributed by atoms with Crippen molar-refractivity contribution in [1.29, 1.82) is 0 Å². The van der Waals surface area contributed by atoms with Crippen LogP contribution >= 0.6 is 11.3 Å². The second-order valence-electron chi connectivity index (χ2n) is 2.87. The van der Waals surface area contributed by atoms with E-state index in [2.05, 4.69) is 24.9 Å². The molecule has 0 unspecified atom stereocenters. The van der Waals surface area contributed by atoms with Crippen molar-refractivity contribution in [3.05, 3.63) is 21.7 Å². The van der Waals surface area contributed by atoms with Crippen LogP contribution in [-0.4, -0.2) is 28.6 Å². The van der Waals surface area contributed by atoms with E-state index in [4.69, 9.17) is 0 Å². The molecule has 0 amide bonds. The number of nitrogens with one attached hydrogen (secondary N) is 3. The van der Waals surface area contributed by atoms with Gasteiger partial charge in [-0.25, -0.2) is 18.2 Å². The molecule has 0 atom stereocenters. The predicted molar refractivity (Wildman–Crippen MR) is 56.9 cm³/mol. The summed E-state index contributed by atoms with van der Waals surface area (Å²) in [5.41, 5.74) is 0.294. The number of sulfonamides is 1. The minimum Gasteiger partial charge on any atom is -0.315 e. The van der Waals surface area contributed by atoms with Gasteiger partial charge in [-0.15, -0.1) is 0 Å². The Kier molecular flexibility index (Phi) is 2.52. The Morgan fingerprint density at radius 3 is 2.75 bits per heavy atom. The van der Waals surface area contributed by atoms with Gasteiger partial charge in [0.1, 0.15) is 6.33 Å². The fraction of sp³-hybridized carbons (Fsp3) is 0.167. The Labute approximate surface area is 93.8 Å². The van der Waals surface area contributed by atoms with Crippen molar-refractivity contribution < 1.29 is 8.42 Å². The first-order valence-electron chi connectivity index (χ1n) is 4.07. The second kappa shape index (κ2) is 3.72. The Bertz CT molecular complexity index is 638. The van der Waals surface area contributed by atoms with Crippen LogP contribution in [0, 0.1) is 6.92 Å². The molecule has 0 saturated heterocycles. The van der Waals surface area contributed by atoms with Crippen molar-refractivity contribution in [2.24, 2.45) is 0 Å². The molecule has 0 spiro atoms. The molecular weight excluding hydrogens is 254 g/mol. The van der Waals surface area contributed by atoms with Crippen LogP contribution in [-0.2, 0) is 10.0 Å². The van der Waals surface area contributed by atoms with Gasteiger partial charge >= 0.3 is 4.87 Å². The molecular formula is C6H7N5O3S2. The Morgan fingerprint density at radius 2 is 2.25 bits per heavy atom. The van der Waals surface area contributed by atoms with Crippen LogP contribution in [0.25, 0.3) is 0 Å². The van der Waals surface area contributed by atoms with E-state index in [1.165, 1.54) is 13.3 Å². The number of hydrogen-bond acceptors (Lipinski definition) is 6. The number of aryl methyl sites for hydroxylation is 1. The summed E-state index contributed by atoms with van der Waals surface area (Å²) in [6.07, 6.45) is 1.17. The van der Waals surface area contributed by atoms with E-state index in [-0.39, 0.29) is 10.2 Å². The summed E-state index contributed by atoms with van der Waals surface area (Å²) >= 11 is 0.620. The Balaban J connectivity index is 2.40. The summed E-state index contributed by atoms with van der Waals surface area (Å²) in [6, 6.07) is 0. The highest BCUT2D eigenvalue weighted by Gasteiger charge is 2.21. The standard InChI is InChI=1S/C6H7N5O3S2/c1-3-4(15-6(12)9-3)16(13,14)11-5-7-2-8-10-5/h2H,1H3,(H,9,12)(H2,7,8,10,11). The summed E-state index contributed by atoms with van der Waals surface area (Å²) in [4.78, 5) is 16.6. The van der Waals surface area contributed by atoms with Crippen LogP contribution in [0.4, 0.5) is 5.95 Å². The molecule has 2 heterocycles. The maximum absolute atomic E-state index is 11.8. The van der Waals surface area contributed by atoms with Gasteiger partial charge in [-0.1, -0.05) is 11.3 Å². The SMILES string of the molecule is Cc1[nH]c(=O)sc1S(=O)(=O)Nc1ncn[nH]1. The number of nitrogens with zero attached hydrogens (tertiary/aromatic N) is 2. The molecule has 2 rings (SSSR count). The lowest BCUT2D eigenvalue weighted by molar-refractivity contribution is 0.602. The van der Waals surface area contributed by atoms with Crippen LogP contribution in [0.15, 0.2) is 15.3 Å². The Hall–Kier alpha value is -1.68. The largest absolute Gasteiger partial charge is 0.315 e. The van der Waals surface area contributed by atoms with Gasteiger partial charge in [-0.05, 0) is 6.92 Å². The number of anilines is 1. The number of thiazole rings is 1. The van der Waals surface area contributed by atoms with Gasteiger partial charge in [-0.2, -0.15) is 10.1 Å². The van der Waals surface area contributed by atoms with Crippen LogP contribution in [0.3, 0.4) is 0 Å². The third kappa shape index (κ3) is 1.97. The van der Waals surface area contributed by atoms with Crippen LogP contribution in [0.5, 0.6) is 0 Å². The predicted octanol–water partition coefficient (Wildman–Crippen LogP) is -0.336. The molecule has 0 aliphatic carbocycles. The lowest BCUT2D eigenvalue weighted by atomic mass is 10.6. The summed E-state index contributed by atoms with van der Waals surface area (Å²) in [5.74, 6) is 0.000231. The van der Waals surface area contributed by atoms with E-state index in [0.29, 0.717) is 17.0 Å². The first-order valence-corrected chi connectivity index (χ1v) is 6.37. The third-order valence-corrected chi connectivity index (χ3v) is 4.61. The van der Waals surface area contributed by atoms with Crippen molar-refractivity contribution in [2.45, 2.75) is 11.1 Å². The number of hydrogen-bond donors (Lipinski definition) is 3. The van der Waals surface area contributed by atoms with Gasteiger partial charge in [0.25, 0.3) is 10.0 Å². The first kappa shape index (κ1) is 10.8. The molecule has 10 heteroatoms. The Morgan fingerprint density at radius 1 is 1.50 bits per heavy atom. The molecule has 0 aromatic carbocycles. The minimum atomic E-state index is -3.79. The molecule has 0 radical (unpaired) electrons. The molecule has 0 fully saturated rings. The number of aromatic amines is 2. The maximum atomic E-state index is 11.8. The summed E-state index contributed by atoms with van der Waals surface area (Å²) in [7, 11) is -3.79. The second-order valence-corrected chi connectivity index (χ2v) is 5.73. The lowest BCUT2D eigenvalue weighted by Crippen LogP contribution is -2.13. The number of aromatic nitrogens is 4. The maximum Gasteiger partial charge on any atom is 0.306 e. The van der Waals surface area contributed by atoms with E-state index in [9.17, 15) is 13.2 Å². The molecule has 3 N–H and O–H groups in total. The molecule has 86 valence electrons. The molecule has 0 bridgehead atoms. The van der Waals surface area contributed by atoms with Crippen LogP contribution < -0.4 is 9.60 Å². The van der Waals surface area contributed by atoms with Gasteiger partial charge in [0, 0.05) is 5.69 Å². The highest BCUT2D eigenvalue weighted by atomic mass is 32.2. The fourth-order valence-corrected chi connectivity index (χ4v) is 3.34. The van der Waals surface area contributed by atoms with E-state index < -0.39 is 14.9 Å². The highest BCUT2D eigenvalue weighted by molar-refractivity contribution is 7.94. The van der Waals surface area contributed by atoms with Crippen LogP contribution in [0.2, 0.25) is 0 Å². The zero-order valence-corrected chi connectivity index (χ0v) is 9.65. The van der Waals surface area contributed by atoms with Gasteiger partial charge in [0.05, 0.1) is 0 Å². The van der Waals surface area contributed by atoms with E-state index >= 15 is 0 Å². The van der Waals surface area contributed by atoms with Gasteiger partial charge < -0.3 is 4.98 Å². The smallest absolute Gasteiger partial charge is 0.306 e. The lowest BCUT2D eigenvalue weighted by Gasteiger charge is -2.02. The quantitative estimate of drug-likeness (QED) is 0.698. The first-order chi connectivity index (χ1) is 7.49. The molecule has 2 aromatic rings. The minimum absolute atomic E-state index is 0.000231. The molecule has 0 aliphatic rings. The monoisotopic (exact) mass is 261 g/mol. The van der Waals surface area contributed by atoms with E-state index in [0.717, 1.165) is 0 Å². The number of rotatable bonds is 3. The van der Waals surface area contributed by atoms with E-state index in [1.54, 1.807) is 0 Å². The van der Waals surface area contributed by atoms with Crippen molar-refractivity contribution in [2.75, 3.05) is 4.72 Å². The van der Waals surface area contributed by atoms with Gasteiger partial charge in [-0.3, -0.25) is 4.79 Å². The fourth-order valence-electron chi connectivity index (χ4n) is 1.08. The molecule has 2 aromatic heterocycles. The van der Waals surface area contributed by atoms with E-state index in [1.807, 2.05) is 0 Å². The topological polar surface area (TPSA) is 121 Å². The summed E-state index contributed by atoms with van der Waals surface area (Å²) in [6.45, 7) is 1.51. The molecule has 8 nitrogen and oxygen atoms in total. The van der Waals surface area contributed by atoms with Crippen molar-refractivity contribution in [1.82, 2.24) is 20.2 Å². The average Bonchev–Trinajstić information content (AvgIpc) is 2.75. The highest BCUT2D eigenvalue weighted by Crippen LogP contribution is 2.17. The van der Waals surface area contributed by atoms with Crippen molar-refractivity contribution in [3.63, 3.8) is 0 Å². The molecule has 0 aliphatic heterocycles. The normalized spacial score (nSPS) is 11.6. The zero-order chi connectivity index (χ0) is 11.8. The summed E-state index contributed by atoms with van der Waals surface area (Å²) < 4.78 is 25.7. The van der Waals surface area contributed by atoms with Crippen LogP contribution in [0.1, 0.15) is 5.69 Å². The molecule has 0 saturated carbocycles. The molecule has 16 heavy (non-hydrogen) atoms. The van der Waals surface area contributed by atoms with Gasteiger partial charge in [0.2, 0.25) is 5.95 Å². The van der Waals surface area contributed by atoms with Gasteiger partial charge in [0.15, 0.2) is 4.21 Å². The van der Waals surface area contributed by atoms with Crippen molar-refractivity contribution >= 4 is 27.3 Å².